The minimum atomic E-state index is -0.188. The molecule has 3 aromatic heterocycles. The Hall–Kier alpha value is -3.58. The Kier molecular flexibility index (Phi) is 3.92. The molecule has 0 saturated heterocycles. The Morgan fingerprint density at radius 1 is 1.10 bits per heavy atom. The number of aryl methyl sites for hydroxylation is 1. The SMILES string of the molecule is CC(=O)n1cc(C=c2sc3nc4c(C)cccc4n3c2=O)c(-c2ccccc2)n1. The first-order chi connectivity index (χ1) is 14.0. The molecule has 0 amide bonds. The molecular formula is C22H16N4O2S. The van der Waals surface area contributed by atoms with Crippen LogP contribution in [0.3, 0.4) is 0 Å². The number of hydrogen-bond donors (Lipinski definition) is 0. The van der Waals surface area contributed by atoms with Crippen LogP contribution >= 0.6 is 11.3 Å². The van der Waals surface area contributed by atoms with Crippen molar-refractivity contribution in [3.8, 4) is 11.3 Å². The topological polar surface area (TPSA) is 69.3 Å². The second-order valence-electron chi connectivity index (χ2n) is 6.85. The van der Waals surface area contributed by atoms with Gasteiger partial charge in [-0.3, -0.25) is 9.59 Å². The molecule has 5 aromatic rings. The molecule has 0 unspecified atom stereocenters. The average molecular weight is 400 g/mol. The molecule has 0 bridgehead atoms. The lowest BCUT2D eigenvalue weighted by Gasteiger charge is -1.97. The summed E-state index contributed by atoms with van der Waals surface area (Å²) in [5.74, 6) is -0.188. The van der Waals surface area contributed by atoms with Crippen molar-refractivity contribution in [2.24, 2.45) is 0 Å². The van der Waals surface area contributed by atoms with Gasteiger partial charge in [0.2, 0.25) is 5.91 Å². The van der Waals surface area contributed by atoms with Gasteiger partial charge < -0.3 is 0 Å². The van der Waals surface area contributed by atoms with Gasteiger partial charge in [0.05, 0.1) is 15.6 Å². The second-order valence-corrected chi connectivity index (χ2v) is 7.86. The average Bonchev–Trinajstić information content (AvgIpc) is 3.38. The normalized spacial score (nSPS) is 12.3. The lowest BCUT2D eigenvalue weighted by molar-refractivity contribution is 0.0921. The fourth-order valence-electron chi connectivity index (χ4n) is 3.44. The van der Waals surface area contributed by atoms with Crippen molar-refractivity contribution in [1.29, 1.82) is 0 Å². The number of carbonyl (C=O) groups is 1. The molecule has 3 heterocycles. The molecule has 0 aliphatic heterocycles. The molecule has 0 atom stereocenters. The number of hydrogen-bond acceptors (Lipinski definition) is 5. The molecule has 6 nitrogen and oxygen atoms in total. The zero-order valence-electron chi connectivity index (χ0n) is 15.8. The number of carbonyl (C=O) groups excluding carboxylic acids is 1. The molecule has 0 N–H and O–H groups in total. The van der Waals surface area contributed by atoms with Gasteiger partial charge in [0.25, 0.3) is 5.56 Å². The molecule has 142 valence electrons. The van der Waals surface area contributed by atoms with Gasteiger partial charge in [0.15, 0.2) is 4.96 Å². The maximum absolute atomic E-state index is 13.1. The van der Waals surface area contributed by atoms with Gasteiger partial charge in [0.1, 0.15) is 5.69 Å². The van der Waals surface area contributed by atoms with Crippen molar-refractivity contribution in [2.75, 3.05) is 0 Å². The monoisotopic (exact) mass is 400 g/mol. The summed E-state index contributed by atoms with van der Waals surface area (Å²) in [5.41, 5.74) is 4.83. The maximum atomic E-state index is 13.1. The van der Waals surface area contributed by atoms with Crippen LogP contribution in [-0.4, -0.2) is 25.1 Å². The number of nitrogens with zero attached hydrogens (tertiary/aromatic N) is 4. The largest absolute Gasteiger partial charge is 0.274 e. The number of rotatable bonds is 2. The van der Waals surface area contributed by atoms with Gasteiger partial charge in [-0.2, -0.15) is 5.10 Å². The smallest absolute Gasteiger partial charge is 0.273 e. The van der Waals surface area contributed by atoms with E-state index in [0.717, 1.165) is 22.2 Å². The third kappa shape index (κ3) is 2.78. The summed E-state index contributed by atoms with van der Waals surface area (Å²) in [7, 11) is 0. The lowest BCUT2D eigenvalue weighted by atomic mass is 10.1. The molecule has 0 aliphatic carbocycles. The molecule has 0 radical (unpaired) electrons. The quantitative estimate of drug-likeness (QED) is 0.456. The van der Waals surface area contributed by atoms with Gasteiger partial charge in [-0.1, -0.05) is 53.8 Å². The third-order valence-corrected chi connectivity index (χ3v) is 5.84. The highest BCUT2D eigenvalue weighted by molar-refractivity contribution is 7.15. The van der Waals surface area contributed by atoms with Gasteiger partial charge in [-0.25, -0.2) is 14.1 Å². The van der Waals surface area contributed by atoms with Crippen molar-refractivity contribution in [2.45, 2.75) is 13.8 Å². The van der Waals surface area contributed by atoms with E-state index >= 15 is 0 Å². The van der Waals surface area contributed by atoms with E-state index in [-0.39, 0.29) is 11.5 Å². The van der Waals surface area contributed by atoms with Crippen molar-refractivity contribution in [3.63, 3.8) is 0 Å². The van der Waals surface area contributed by atoms with Crippen LogP contribution < -0.4 is 10.1 Å². The van der Waals surface area contributed by atoms with Crippen molar-refractivity contribution < 1.29 is 4.79 Å². The van der Waals surface area contributed by atoms with Crippen LogP contribution in [0.4, 0.5) is 0 Å². The van der Waals surface area contributed by atoms with Crippen LogP contribution in [0.2, 0.25) is 0 Å². The number of thiazole rings is 1. The second kappa shape index (κ2) is 6.49. The highest BCUT2D eigenvalue weighted by Gasteiger charge is 2.15. The van der Waals surface area contributed by atoms with E-state index in [2.05, 4.69) is 10.1 Å². The molecule has 7 heteroatoms. The summed E-state index contributed by atoms with van der Waals surface area (Å²) < 4.78 is 3.50. The molecule has 0 spiro atoms. The Morgan fingerprint density at radius 2 is 1.90 bits per heavy atom. The summed E-state index contributed by atoms with van der Waals surface area (Å²) in [5, 5.41) is 4.42. The fraction of sp³-hybridized carbons (Fsp3) is 0.0909. The minimum absolute atomic E-state index is 0.118. The first-order valence-corrected chi connectivity index (χ1v) is 9.93. The van der Waals surface area contributed by atoms with Crippen LogP contribution in [-0.2, 0) is 0 Å². The van der Waals surface area contributed by atoms with E-state index in [0.29, 0.717) is 20.8 Å². The van der Waals surface area contributed by atoms with Crippen molar-refractivity contribution in [3.05, 3.63) is 80.7 Å². The summed E-state index contributed by atoms with van der Waals surface area (Å²) in [4.78, 5) is 30.3. The predicted molar refractivity (Wildman–Crippen MR) is 114 cm³/mol. The number of benzene rings is 2. The highest BCUT2D eigenvalue weighted by Crippen LogP contribution is 2.23. The summed E-state index contributed by atoms with van der Waals surface area (Å²) in [6, 6.07) is 15.4. The number of aromatic nitrogens is 4. The Morgan fingerprint density at radius 3 is 2.66 bits per heavy atom. The molecule has 29 heavy (non-hydrogen) atoms. The van der Waals surface area contributed by atoms with Crippen molar-refractivity contribution in [1.82, 2.24) is 19.2 Å². The van der Waals surface area contributed by atoms with E-state index in [1.54, 1.807) is 16.7 Å². The fourth-order valence-corrected chi connectivity index (χ4v) is 4.41. The van der Waals surface area contributed by atoms with Crippen LogP contribution in [0.15, 0.2) is 59.5 Å². The Labute approximate surface area is 169 Å². The molecule has 0 saturated carbocycles. The molecule has 5 rings (SSSR count). The first kappa shape index (κ1) is 17.5. The maximum Gasteiger partial charge on any atom is 0.274 e. The first-order valence-electron chi connectivity index (χ1n) is 9.11. The van der Waals surface area contributed by atoms with E-state index in [1.807, 2.05) is 55.5 Å². The summed E-state index contributed by atoms with van der Waals surface area (Å²) in [6.07, 6.45) is 3.45. The van der Waals surface area contributed by atoms with Gasteiger partial charge in [-0.15, -0.1) is 0 Å². The predicted octanol–water partition coefficient (Wildman–Crippen LogP) is 3.29. The van der Waals surface area contributed by atoms with E-state index in [9.17, 15) is 9.59 Å². The van der Waals surface area contributed by atoms with Crippen molar-refractivity contribution >= 4 is 39.3 Å². The third-order valence-electron chi connectivity index (χ3n) is 4.87. The number of para-hydroxylation sites is 1. The Bertz CT molecular complexity index is 1510. The standard InChI is InChI=1S/C22H16N4O2S/c1-13-7-6-10-17-19(13)23-22-26(17)21(28)18(29-22)11-16-12-25(14(2)27)24-20(16)15-8-4-3-5-9-15/h3-12H,1-2H3. The number of imidazole rings is 1. The zero-order valence-corrected chi connectivity index (χ0v) is 16.6. The van der Waals surface area contributed by atoms with Gasteiger partial charge in [0, 0.05) is 24.2 Å². The molecule has 2 aromatic carbocycles. The summed E-state index contributed by atoms with van der Waals surface area (Å²) >= 11 is 1.34. The molecule has 0 fully saturated rings. The van der Waals surface area contributed by atoms with Gasteiger partial charge >= 0.3 is 0 Å². The Balaban J connectivity index is 1.77. The lowest BCUT2D eigenvalue weighted by Crippen LogP contribution is -2.22. The number of fused-ring (bicyclic) bond motifs is 3. The van der Waals surface area contributed by atoms with Crippen LogP contribution in [0.1, 0.15) is 22.8 Å². The van der Waals surface area contributed by atoms with E-state index in [1.165, 1.54) is 22.9 Å². The zero-order chi connectivity index (χ0) is 20.1. The van der Waals surface area contributed by atoms with Crippen LogP contribution in [0.5, 0.6) is 0 Å². The van der Waals surface area contributed by atoms with Crippen LogP contribution in [0.25, 0.3) is 33.3 Å². The molecular weight excluding hydrogens is 384 g/mol. The van der Waals surface area contributed by atoms with E-state index in [4.69, 9.17) is 0 Å². The van der Waals surface area contributed by atoms with E-state index < -0.39 is 0 Å². The van der Waals surface area contributed by atoms with Crippen LogP contribution in [0, 0.1) is 6.92 Å². The highest BCUT2D eigenvalue weighted by atomic mass is 32.1. The minimum Gasteiger partial charge on any atom is -0.273 e. The van der Waals surface area contributed by atoms with Gasteiger partial charge in [-0.05, 0) is 24.6 Å². The summed E-state index contributed by atoms with van der Waals surface area (Å²) in [6.45, 7) is 3.44. The molecule has 0 aliphatic rings.